The molecule has 2 nitrogen and oxygen atoms in total. The van der Waals surface area contributed by atoms with Crippen molar-refractivity contribution in [1.82, 2.24) is 5.32 Å². The molecule has 0 bridgehead atoms. The van der Waals surface area contributed by atoms with E-state index in [4.69, 9.17) is 4.74 Å². The lowest BCUT2D eigenvalue weighted by Crippen LogP contribution is -2.27. The largest absolute Gasteiger partial charge is 0.490 e. The summed E-state index contributed by atoms with van der Waals surface area (Å²) in [5, 5.41) is 3.56. The Bertz CT molecular complexity index is 412. The molecule has 20 heavy (non-hydrogen) atoms. The van der Waals surface area contributed by atoms with Gasteiger partial charge in [0.2, 0.25) is 0 Å². The number of hydrogen-bond donors (Lipinski definition) is 1. The van der Waals surface area contributed by atoms with Gasteiger partial charge in [0.25, 0.3) is 0 Å². The molecule has 2 rings (SSSR count). The van der Waals surface area contributed by atoms with E-state index in [9.17, 15) is 0 Å². The summed E-state index contributed by atoms with van der Waals surface area (Å²) in [7, 11) is 0. The molecule has 1 aliphatic carbocycles. The molecule has 0 radical (unpaired) electrons. The van der Waals surface area contributed by atoms with Gasteiger partial charge in [-0.05, 0) is 61.4 Å². The first-order valence-corrected chi connectivity index (χ1v) is 8.03. The number of nitrogens with one attached hydrogen (secondary N) is 1. The standard InChI is InChI=1S/C18H29NO/c1-13(2)11-19-12-14(3)15(4)16-6-5-7-18(10-16)20-17-8-9-17/h5-7,10,13-15,17,19H,8-9,11-12H2,1-4H3. The van der Waals surface area contributed by atoms with Crippen molar-refractivity contribution in [2.75, 3.05) is 13.1 Å². The molecule has 2 heteroatoms. The van der Waals surface area contributed by atoms with Gasteiger partial charge >= 0.3 is 0 Å². The van der Waals surface area contributed by atoms with Crippen molar-refractivity contribution in [3.8, 4) is 5.75 Å². The quantitative estimate of drug-likeness (QED) is 0.767. The summed E-state index contributed by atoms with van der Waals surface area (Å²) in [6, 6.07) is 8.65. The summed E-state index contributed by atoms with van der Waals surface area (Å²) in [5.74, 6) is 2.94. The normalized spacial score (nSPS) is 18.1. The Morgan fingerprint density at radius 3 is 2.55 bits per heavy atom. The second kappa shape index (κ2) is 7.12. The summed E-state index contributed by atoms with van der Waals surface area (Å²) in [6.07, 6.45) is 2.91. The minimum Gasteiger partial charge on any atom is -0.490 e. The van der Waals surface area contributed by atoms with Gasteiger partial charge < -0.3 is 10.1 Å². The van der Waals surface area contributed by atoms with Crippen molar-refractivity contribution in [3.05, 3.63) is 29.8 Å². The molecule has 0 saturated heterocycles. The fourth-order valence-electron chi connectivity index (χ4n) is 2.35. The van der Waals surface area contributed by atoms with Crippen molar-refractivity contribution in [3.63, 3.8) is 0 Å². The van der Waals surface area contributed by atoms with Gasteiger partial charge in [-0.2, -0.15) is 0 Å². The van der Waals surface area contributed by atoms with Crippen LogP contribution < -0.4 is 10.1 Å². The summed E-state index contributed by atoms with van der Waals surface area (Å²) >= 11 is 0. The first-order chi connectivity index (χ1) is 9.56. The van der Waals surface area contributed by atoms with E-state index in [1.807, 2.05) is 0 Å². The molecule has 2 unspecified atom stereocenters. The zero-order chi connectivity index (χ0) is 14.5. The van der Waals surface area contributed by atoms with E-state index in [0.29, 0.717) is 23.9 Å². The second-order valence-corrected chi connectivity index (χ2v) is 6.71. The summed E-state index contributed by atoms with van der Waals surface area (Å²) < 4.78 is 5.89. The van der Waals surface area contributed by atoms with E-state index in [2.05, 4.69) is 57.3 Å². The number of benzene rings is 1. The summed E-state index contributed by atoms with van der Waals surface area (Å²) in [6.45, 7) is 11.3. The van der Waals surface area contributed by atoms with Crippen LogP contribution in [0.1, 0.15) is 52.0 Å². The zero-order valence-electron chi connectivity index (χ0n) is 13.4. The maximum Gasteiger partial charge on any atom is 0.119 e. The topological polar surface area (TPSA) is 21.3 Å². The predicted octanol–water partition coefficient (Wildman–Crippen LogP) is 4.21. The van der Waals surface area contributed by atoms with Crippen molar-refractivity contribution in [2.24, 2.45) is 11.8 Å². The molecule has 1 aromatic rings. The molecule has 1 N–H and O–H groups in total. The molecule has 112 valence electrons. The third-order valence-electron chi connectivity index (χ3n) is 4.08. The lowest BCUT2D eigenvalue weighted by atomic mass is 9.88. The van der Waals surface area contributed by atoms with Crippen molar-refractivity contribution < 1.29 is 4.74 Å². The molecule has 0 heterocycles. The third kappa shape index (κ3) is 4.82. The Balaban J connectivity index is 1.87. The fraction of sp³-hybridized carbons (Fsp3) is 0.667. The van der Waals surface area contributed by atoms with Crippen LogP contribution in [-0.4, -0.2) is 19.2 Å². The SMILES string of the molecule is CC(C)CNCC(C)C(C)c1cccc(OC2CC2)c1. The Kier molecular flexibility index (Phi) is 5.47. The molecule has 2 atom stereocenters. The summed E-state index contributed by atoms with van der Waals surface area (Å²) in [5.41, 5.74) is 1.39. The lowest BCUT2D eigenvalue weighted by Gasteiger charge is -2.22. The molecule has 1 fully saturated rings. The van der Waals surface area contributed by atoms with E-state index in [1.54, 1.807) is 0 Å². The van der Waals surface area contributed by atoms with Crippen LogP contribution in [0.5, 0.6) is 5.75 Å². The Morgan fingerprint density at radius 2 is 1.90 bits per heavy atom. The van der Waals surface area contributed by atoms with E-state index in [1.165, 1.54) is 18.4 Å². The highest BCUT2D eigenvalue weighted by Crippen LogP contribution is 2.30. The van der Waals surface area contributed by atoms with Crippen molar-refractivity contribution >= 4 is 0 Å². The first-order valence-electron chi connectivity index (χ1n) is 8.03. The third-order valence-corrected chi connectivity index (χ3v) is 4.08. The monoisotopic (exact) mass is 275 g/mol. The Hall–Kier alpha value is -1.02. The van der Waals surface area contributed by atoms with Crippen molar-refractivity contribution in [1.29, 1.82) is 0 Å². The number of rotatable bonds is 8. The first kappa shape index (κ1) is 15.4. The van der Waals surface area contributed by atoms with Crippen LogP contribution in [0, 0.1) is 11.8 Å². The fourth-order valence-corrected chi connectivity index (χ4v) is 2.35. The van der Waals surface area contributed by atoms with Gasteiger partial charge in [0.05, 0.1) is 6.10 Å². The van der Waals surface area contributed by atoms with Crippen LogP contribution >= 0.6 is 0 Å². The molecule has 1 saturated carbocycles. The lowest BCUT2D eigenvalue weighted by molar-refractivity contribution is 0.302. The van der Waals surface area contributed by atoms with Crippen molar-refractivity contribution in [2.45, 2.75) is 52.6 Å². The van der Waals surface area contributed by atoms with Gasteiger partial charge in [0.15, 0.2) is 0 Å². The van der Waals surface area contributed by atoms with E-state index in [-0.39, 0.29) is 0 Å². The number of hydrogen-bond acceptors (Lipinski definition) is 2. The smallest absolute Gasteiger partial charge is 0.119 e. The predicted molar refractivity (Wildman–Crippen MR) is 85.4 cm³/mol. The Labute approximate surface area is 123 Å². The highest BCUT2D eigenvalue weighted by molar-refractivity contribution is 5.31. The highest BCUT2D eigenvalue weighted by Gasteiger charge is 2.24. The molecule has 1 aliphatic rings. The average Bonchev–Trinajstić information content (AvgIpc) is 3.21. The highest BCUT2D eigenvalue weighted by atomic mass is 16.5. The van der Waals surface area contributed by atoms with Crippen LogP contribution in [0.3, 0.4) is 0 Å². The van der Waals surface area contributed by atoms with Gasteiger partial charge in [0, 0.05) is 0 Å². The van der Waals surface area contributed by atoms with Crippen LogP contribution in [0.2, 0.25) is 0 Å². The molecular formula is C18H29NO. The van der Waals surface area contributed by atoms with Crippen LogP contribution in [0.4, 0.5) is 0 Å². The molecule has 0 aliphatic heterocycles. The minimum atomic E-state index is 0.477. The second-order valence-electron chi connectivity index (χ2n) is 6.71. The minimum absolute atomic E-state index is 0.477. The molecule has 1 aromatic carbocycles. The number of ether oxygens (including phenoxy) is 1. The van der Waals surface area contributed by atoms with Gasteiger partial charge in [0.1, 0.15) is 5.75 Å². The van der Waals surface area contributed by atoms with Gasteiger partial charge in [-0.25, -0.2) is 0 Å². The van der Waals surface area contributed by atoms with Gasteiger partial charge in [-0.15, -0.1) is 0 Å². The molecular weight excluding hydrogens is 246 g/mol. The van der Waals surface area contributed by atoms with E-state index >= 15 is 0 Å². The molecule has 0 aromatic heterocycles. The van der Waals surface area contributed by atoms with Gasteiger partial charge in [-0.3, -0.25) is 0 Å². The van der Waals surface area contributed by atoms with E-state index in [0.717, 1.165) is 18.8 Å². The van der Waals surface area contributed by atoms with E-state index < -0.39 is 0 Å². The van der Waals surface area contributed by atoms with Crippen LogP contribution in [0.15, 0.2) is 24.3 Å². The summed E-state index contributed by atoms with van der Waals surface area (Å²) in [4.78, 5) is 0. The molecule has 0 spiro atoms. The Morgan fingerprint density at radius 1 is 1.15 bits per heavy atom. The maximum absolute atomic E-state index is 5.89. The van der Waals surface area contributed by atoms with Crippen LogP contribution in [-0.2, 0) is 0 Å². The zero-order valence-corrected chi connectivity index (χ0v) is 13.4. The average molecular weight is 275 g/mol. The van der Waals surface area contributed by atoms with Crippen LogP contribution in [0.25, 0.3) is 0 Å². The molecule has 0 amide bonds. The maximum atomic E-state index is 5.89. The van der Waals surface area contributed by atoms with Gasteiger partial charge in [-0.1, -0.05) is 39.8 Å².